The van der Waals surface area contributed by atoms with Crippen molar-refractivity contribution in [2.45, 2.75) is 32.4 Å². The standard InChI is InChI=1S/C25H30N2O4/c1-30-17-20-3-7-21(8-4-20)24(29)26-13-11-25(12-14-26)15-23(28)27(18-25)16-19-5-9-22(31-2)10-6-19/h3-10H,11-18H2,1-2H3. The molecule has 0 saturated carbocycles. The summed E-state index contributed by atoms with van der Waals surface area (Å²) in [6.07, 6.45) is 2.31. The Balaban J connectivity index is 1.34. The molecular formula is C25H30N2O4. The number of benzene rings is 2. The van der Waals surface area contributed by atoms with Crippen LogP contribution in [0.4, 0.5) is 0 Å². The Labute approximate surface area is 183 Å². The summed E-state index contributed by atoms with van der Waals surface area (Å²) in [4.78, 5) is 29.5. The highest BCUT2D eigenvalue weighted by molar-refractivity contribution is 5.94. The molecule has 6 nitrogen and oxygen atoms in total. The molecule has 2 heterocycles. The van der Waals surface area contributed by atoms with Gasteiger partial charge in [0, 0.05) is 50.7 Å². The van der Waals surface area contributed by atoms with E-state index in [2.05, 4.69) is 0 Å². The first-order valence-corrected chi connectivity index (χ1v) is 10.8. The van der Waals surface area contributed by atoms with Crippen molar-refractivity contribution in [3.63, 3.8) is 0 Å². The van der Waals surface area contributed by atoms with E-state index in [1.54, 1.807) is 14.2 Å². The first kappa shape index (κ1) is 21.4. The monoisotopic (exact) mass is 422 g/mol. The Morgan fingerprint density at radius 3 is 2.23 bits per heavy atom. The van der Waals surface area contributed by atoms with Crippen LogP contribution in [0.25, 0.3) is 0 Å². The highest BCUT2D eigenvalue weighted by Crippen LogP contribution is 2.41. The van der Waals surface area contributed by atoms with E-state index in [9.17, 15) is 9.59 Å². The number of ether oxygens (including phenoxy) is 2. The molecule has 0 radical (unpaired) electrons. The SMILES string of the molecule is COCc1ccc(C(=O)N2CCC3(CC2)CC(=O)N(Cc2ccc(OC)cc2)C3)cc1. The van der Waals surface area contributed by atoms with Crippen LogP contribution in [0.1, 0.15) is 40.7 Å². The molecule has 0 N–H and O–H groups in total. The van der Waals surface area contributed by atoms with E-state index in [4.69, 9.17) is 9.47 Å². The lowest BCUT2D eigenvalue weighted by molar-refractivity contribution is -0.128. The number of piperidine rings is 1. The zero-order valence-corrected chi connectivity index (χ0v) is 18.3. The van der Waals surface area contributed by atoms with Crippen LogP contribution in [0.5, 0.6) is 5.75 Å². The lowest BCUT2D eigenvalue weighted by Gasteiger charge is -2.38. The summed E-state index contributed by atoms with van der Waals surface area (Å²) in [5, 5.41) is 0. The van der Waals surface area contributed by atoms with Crippen molar-refractivity contribution < 1.29 is 19.1 Å². The third-order valence-corrected chi connectivity index (χ3v) is 6.56. The number of nitrogens with zero attached hydrogens (tertiary/aromatic N) is 2. The highest BCUT2D eigenvalue weighted by atomic mass is 16.5. The zero-order chi connectivity index (χ0) is 21.8. The van der Waals surface area contributed by atoms with Gasteiger partial charge in [-0.15, -0.1) is 0 Å². The average molecular weight is 423 g/mol. The molecule has 2 amide bonds. The molecule has 0 unspecified atom stereocenters. The second kappa shape index (κ2) is 9.10. The van der Waals surface area contributed by atoms with E-state index in [-0.39, 0.29) is 17.2 Å². The van der Waals surface area contributed by atoms with Gasteiger partial charge in [0.05, 0.1) is 13.7 Å². The number of carbonyl (C=O) groups excluding carboxylic acids is 2. The van der Waals surface area contributed by atoms with Gasteiger partial charge < -0.3 is 19.3 Å². The van der Waals surface area contributed by atoms with Crippen LogP contribution in [-0.2, 0) is 22.7 Å². The first-order chi connectivity index (χ1) is 15.0. The predicted molar refractivity (Wildman–Crippen MR) is 118 cm³/mol. The van der Waals surface area contributed by atoms with Gasteiger partial charge in [-0.1, -0.05) is 24.3 Å². The number of likely N-dealkylation sites (tertiary alicyclic amines) is 2. The maximum Gasteiger partial charge on any atom is 0.253 e. The van der Waals surface area contributed by atoms with E-state index in [1.165, 1.54) is 0 Å². The molecule has 2 aliphatic heterocycles. The highest BCUT2D eigenvalue weighted by Gasteiger charge is 2.45. The topological polar surface area (TPSA) is 59.1 Å². The molecular weight excluding hydrogens is 392 g/mol. The summed E-state index contributed by atoms with van der Waals surface area (Å²) in [5.41, 5.74) is 2.86. The molecule has 0 atom stereocenters. The fourth-order valence-electron chi connectivity index (χ4n) is 4.69. The molecule has 6 heteroatoms. The van der Waals surface area contributed by atoms with Crippen molar-refractivity contribution >= 4 is 11.8 Å². The van der Waals surface area contributed by atoms with E-state index in [0.29, 0.717) is 38.2 Å². The Hall–Kier alpha value is -2.86. The van der Waals surface area contributed by atoms with Gasteiger partial charge in [-0.05, 0) is 48.2 Å². The lowest BCUT2D eigenvalue weighted by Crippen LogP contribution is -2.44. The number of hydrogen-bond acceptors (Lipinski definition) is 4. The Kier molecular flexibility index (Phi) is 6.28. The van der Waals surface area contributed by atoms with Gasteiger partial charge in [-0.3, -0.25) is 9.59 Å². The van der Waals surface area contributed by atoms with E-state index >= 15 is 0 Å². The fourth-order valence-corrected chi connectivity index (χ4v) is 4.69. The van der Waals surface area contributed by atoms with Gasteiger partial charge in [-0.25, -0.2) is 0 Å². The van der Waals surface area contributed by atoms with Crippen LogP contribution in [-0.4, -0.2) is 55.5 Å². The molecule has 31 heavy (non-hydrogen) atoms. The number of amides is 2. The zero-order valence-electron chi connectivity index (χ0n) is 18.3. The maximum atomic E-state index is 12.9. The Bertz CT molecular complexity index is 916. The third kappa shape index (κ3) is 4.74. The van der Waals surface area contributed by atoms with Gasteiger partial charge in [-0.2, -0.15) is 0 Å². The van der Waals surface area contributed by atoms with Crippen molar-refractivity contribution in [1.82, 2.24) is 9.80 Å². The Morgan fingerprint density at radius 2 is 1.61 bits per heavy atom. The molecule has 0 bridgehead atoms. The summed E-state index contributed by atoms with van der Waals surface area (Å²) in [6.45, 7) is 3.33. The van der Waals surface area contributed by atoms with Crippen molar-refractivity contribution in [3.8, 4) is 5.75 Å². The molecule has 2 saturated heterocycles. The first-order valence-electron chi connectivity index (χ1n) is 10.8. The molecule has 0 aromatic heterocycles. The quantitative estimate of drug-likeness (QED) is 0.715. The normalized spacial score (nSPS) is 17.9. The Morgan fingerprint density at radius 1 is 0.968 bits per heavy atom. The van der Waals surface area contributed by atoms with E-state index in [0.717, 1.165) is 36.3 Å². The van der Waals surface area contributed by atoms with Gasteiger partial charge in [0.15, 0.2) is 0 Å². The van der Waals surface area contributed by atoms with Gasteiger partial charge in [0.25, 0.3) is 5.91 Å². The number of carbonyl (C=O) groups is 2. The van der Waals surface area contributed by atoms with Crippen LogP contribution >= 0.6 is 0 Å². The second-order valence-electron chi connectivity index (χ2n) is 8.70. The molecule has 2 fully saturated rings. The fraction of sp³-hybridized carbons (Fsp3) is 0.440. The molecule has 2 aromatic rings. The third-order valence-electron chi connectivity index (χ3n) is 6.56. The number of methoxy groups -OCH3 is 2. The van der Waals surface area contributed by atoms with Crippen LogP contribution < -0.4 is 4.74 Å². The van der Waals surface area contributed by atoms with E-state index in [1.807, 2.05) is 58.3 Å². The van der Waals surface area contributed by atoms with Gasteiger partial charge >= 0.3 is 0 Å². The molecule has 2 aliphatic rings. The molecule has 1 spiro atoms. The minimum atomic E-state index is -0.0113. The van der Waals surface area contributed by atoms with Gasteiger partial charge in [0.2, 0.25) is 5.91 Å². The summed E-state index contributed by atoms with van der Waals surface area (Å²) in [7, 11) is 3.31. The molecule has 0 aliphatic carbocycles. The number of hydrogen-bond donors (Lipinski definition) is 0. The number of rotatable bonds is 6. The average Bonchev–Trinajstić information content (AvgIpc) is 3.09. The minimum absolute atomic E-state index is 0.0113. The lowest BCUT2D eigenvalue weighted by atomic mass is 9.77. The van der Waals surface area contributed by atoms with Crippen molar-refractivity contribution in [2.75, 3.05) is 33.9 Å². The van der Waals surface area contributed by atoms with Crippen LogP contribution in [0, 0.1) is 5.41 Å². The van der Waals surface area contributed by atoms with Crippen molar-refractivity contribution in [1.29, 1.82) is 0 Å². The smallest absolute Gasteiger partial charge is 0.253 e. The van der Waals surface area contributed by atoms with E-state index < -0.39 is 0 Å². The van der Waals surface area contributed by atoms with Crippen LogP contribution in [0.2, 0.25) is 0 Å². The van der Waals surface area contributed by atoms with Crippen molar-refractivity contribution in [2.24, 2.45) is 5.41 Å². The summed E-state index contributed by atoms with van der Waals surface area (Å²) >= 11 is 0. The summed E-state index contributed by atoms with van der Waals surface area (Å²) in [6, 6.07) is 15.5. The van der Waals surface area contributed by atoms with Crippen LogP contribution in [0.15, 0.2) is 48.5 Å². The van der Waals surface area contributed by atoms with Crippen molar-refractivity contribution in [3.05, 3.63) is 65.2 Å². The molecule has 2 aromatic carbocycles. The largest absolute Gasteiger partial charge is 0.497 e. The molecule has 164 valence electrons. The van der Waals surface area contributed by atoms with Crippen LogP contribution in [0.3, 0.4) is 0 Å². The summed E-state index contributed by atoms with van der Waals surface area (Å²) in [5.74, 6) is 1.10. The predicted octanol–water partition coefficient (Wildman–Crippen LogP) is 3.50. The second-order valence-corrected chi connectivity index (χ2v) is 8.70. The summed E-state index contributed by atoms with van der Waals surface area (Å²) < 4.78 is 10.3. The minimum Gasteiger partial charge on any atom is -0.497 e. The molecule has 4 rings (SSSR count). The maximum absolute atomic E-state index is 12.9. The van der Waals surface area contributed by atoms with Gasteiger partial charge in [0.1, 0.15) is 5.75 Å².